The molecule has 2 aromatic carbocycles. The zero-order valence-corrected chi connectivity index (χ0v) is 19.7. The molecule has 0 saturated heterocycles. The highest BCUT2D eigenvalue weighted by atomic mass is 35.5. The Kier molecular flexibility index (Phi) is 8.98. The van der Waals surface area contributed by atoms with Gasteiger partial charge in [-0.2, -0.15) is 0 Å². The van der Waals surface area contributed by atoms with Gasteiger partial charge in [0, 0.05) is 24.0 Å². The summed E-state index contributed by atoms with van der Waals surface area (Å²) in [6, 6.07) is 14.8. The Morgan fingerprint density at radius 1 is 1.12 bits per heavy atom. The third kappa shape index (κ3) is 6.73. The van der Waals surface area contributed by atoms with E-state index in [-0.39, 0.29) is 24.3 Å². The number of hydrogen-bond donors (Lipinski definition) is 1. The molecule has 3 rings (SSSR count). The maximum Gasteiger partial charge on any atom is 0.242 e. The number of aryl methyl sites for hydroxylation is 1. The first kappa shape index (κ1) is 24.1. The molecule has 5 nitrogen and oxygen atoms in total. The summed E-state index contributed by atoms with van der Waals surface area (Å²) >= 11 is 6.27. The minimum atomic E-state index is -0.568. The van der Waals surface area contributed by atoms with Gasteiger partial charge in [-0.1, -0.05) is 61.2 Å². The molecule has 172 valence electrons. The van der Waals surface area contributed by atoms with Crippen LogP contribution in [-0.4, -0.2) is 35.9 Å². The molecule has 1 atom stereocenters. The van der Waals surface area contributed by atoms with Crippen LogP contribution in [0.5, 0.6) is 5.75 Å². The monoisotopic (exact) mass is 456 g/mol. The van der Waals surface area contributed by atoms with E-state index in [4.69, 9.17) is 16.3 Å². The van der Waals surface area contributed by atoms with Gasteiger partial charge < -0.3 is 15.0 Å². The molecule has 0 aliphatic heterocycles. The first-order valence-corrected chi connectivity index (χ1v) is 11.8. The fourth-order valence-electron chi connectivity index (χ4n) is 4.21. The molecule has 1 fully saturated rings. The molecule has 2 aromatic rings. The summed E-state index contributed by atoms with van der Waals surface area (Å²) < 4.78 is 5.33. The third-order valence-corrected chi connectivity index (χ3v) is 6.54. The van der Waals surface area contributed by atoms with Crippen molar-refractivity contribution >= 4 is 23.4 Å². The van der Waals surface area contributed by atoms with Gasteiger partial charge in [0.05, 0.1) is 7.11 Å². The molecule has 1 aliphatic rings. The lowest BCUT2D eigenvalue weighted by molar-refractivity contribution is -0.141. The Morgan fingerprint density at radius 2 is 1.88 bits per heavy atom. The third-order valence-electron chi connectivity index (χ3n) is 6.17. The molecule has 0 spiro atoms. The van der Waals surface area contributed by atoms with Crippen LogP contribution in [0.1, 0.15) is 56.6 Å². The number of carbonyl (C=O) groups is 2. The highest BCUT2D eigenvalue weighted by molar-refractivity contribution is 6.31. The van der Waals surface area contributed by atoms with Crippen molar-refractivity contribution in [3.63, 3.8) is 0 Å². The summed E-state index contributed by atoms with van der Waals surface area (Å²) in [5.41, 5.74) is 1.86. The van der Waals surface area contributed by atoms with Gasteiger partial charge in [-0.25, -0.2) is 0 Å². The summed E-state index contributed by atoms with van der Waals surface area (Å²) in [5, 5.41) is 3.82. The lowest BCUT2D eigenvalue weighted by atomic mass is 9.95. The number of hydrogen-bond acceptors (Lipinski definition) is 3. The van der Waals surface area contributed by atoms with Gasteiger partial charge in [-0.3, -0.25) is 9.59 Å². The van der Waals surface area contributed by atoms with E-state index in [1.165, 1.54) is 6.42 Å². The molecular weight excluding hydrogens is 424 g/mol. The van der Waals surface area contributed by atoms with E-state index in [0.29, 0.717) is 18.0 Å². The van der Waals surface area contributed by atoms with Gasteiger partial charge in [0.25, 0.3) is 0 Å². The number of halogens is 1. The smallest absolute Gasteiger partial charge is 0.242 e. The Balaban J connectivity index is 1.73. The molecule has 1 N–H and O–H groups in total. The van der Waals surface area contributed by atoms with Crippen molar-refractivity contribution in [2.24, 2.45) is 0 Å². The van der Waals surface area contributed by atoms with E-state index in [2.05, 4.69) is 5.32 Å². The fourth-order valence-corrected chi connectivity index (χ4v) is 4.44. The van der Waals surface area contributed by atoms with E-state index >= 15 is 0 Å². The zero-order chi connectivity index (χ0) is 22.9. The lowest BCUT2D eigenvalue weighted by Gasteiger charge is -2.31. The van der Waals surface area contributed by atoms with Crippen molar-refractivity contribution < 1.29 is 14.3 Å². The number of rotatable bonds is 9. The van der Waals surface area contributed by atoms with Crippen LogP contribution in [0.2, 0.25) is 5.02 Å². The van der Waals surface area contributed by atoms with Gasteiger partial charge >= 0.3 is 0 Å². The second kappa shape index (κ2) is 11.9. The van der Waals surface area contributed by atoms with Gasteiger partial charge in [-0.15, -0.1) is 0 Å². The van der Waals surface area contributed by atoms with E-state index in [1.807, 2.05) is 55.5 Å². The molecule has 1 saturated carbocycles. The SMILES string of the molecule is COc1cccc(CN(C(=O)CCc2ccccc2Cl)[C@H](C)C(=O)NC2CCCCC2)c1. The fraction of sp³-hybridized carbons (Fsp3) is 0.462. The minimum absolute atomic E-state index is 0.0703. The first-order chi connectivity index (χ1) is 15.5. The molecule has 32 heavy (non-hydrogen) atoms. The maximum absolute atomic E-state index is 13.3. The summed E-state index contributed by atoms with van der Waals surface area (Å²) in [7, 11) is 1.62. The van der Waals surface area contributed by atoms with E-state index in [1.54, 1.807) is 12.0 Å². The van der Waals surface area contributed by atoms with Crippen LogP contribution in [-0.2, 0) is 22.6 Å². The first-order valence-electron chi connectivity index (χ1n) is 11.4. The molecule has 0 heterocycles. The standard InChI is InChI=1S/C26H33ClN2O3/c1-19(26(31)28-22-11-4-3-5-12-22)29(18-20-9-8-13-23(17-20)32-2)25(30)16-15-21-10-6-7-14-24(21)27/h6-10,13-14,17,19,22H,3-5,11-12,15-16,18H2,1-2H3,(H,28,31)/t19-/m1/s1. The van der Waals surface area contributed by atoms with Crippen LogP contribution in [0.15, 0.2) is 48.5 Å². The molecular formula is C26H33ClN2O3. The molecule has 1 aliphatic carbocycles. The van der Waals surface area contributed by atoms with Crippen molar-refractivity contribution in [1.82, 2.24) is 10.2 Å². The second-order valence-corrected chi connectivity index (χ2v) is 8.89. The quantitative estimate of drug-likeness (QED) is 0.567. The summed E-state index contributed by atoms with van der Waals surface area (Å²) in [4.78, 5) is 28.0. The normalized spacial score (nSPS) is 15.1. The predicted octanol–water partition coefficient (Wildman–Crippen LogP) is 5.15. The van der Waals surface area contributed by atoms with Crippen LogP contribution >= 0.6 is 11.6 Å². The summed E-state index contributed by atoms with van der Waals surface area (Å²) in [6.45, 7) is 2.16. The molecule has 0 radical (unpaired) electrons. The molecule has 6 heteroatoms. The topological polar surface area (TPSA) is 58.6 Å². The van der Waals surface area contributed by atoms with Crippen molar-refractivity contribution in [2.45, 2.75) is 70.5 Å². The summed E-state index contributed by atoms with van der Waals surface area (Å²) in [5.74, 6) is 0.565. The number of amides is 2. The van der Waals surface area contributed by atoms with Crippen LogP contribution in [0.4, 0.5) is 0 Å². The molecule has 0 aromatic heterocycles. The number of benzene rings is 2. The van der Waals surface area contributed by atoms with Crippen LogP contribution in [0.3, 0.4) is 0 Å². The summed E-state index contributed by atoms with van der Waals surface area (Å²) in [6.07, 6.45) is 6.35. The Hall–Kier alpha value is -2.53. The number of nitrogens with zero attached hydrogens (tertiary/aromatic N) is 1. The highest BCUT2D eigenvalue weighted by Gasteiger charge is 2.28. The van der Waals surface area contributed by atoms with Crippen LogP contribution in [0.25, 0.3) is 0 Å². The predicted molar refractivity (Wildman–Crippen MR) is 128 cm³/mol. The number of methoxy groups -OCH3 is 1. The minimum Gasteiger partial charge on any atom is -0.497 e. The highest BCUT2D eigenvalue weighted by Crippen LogP contribution is 2.21. The van der Waals surface area contributed by atoms with Crippen LogP contribution < -0.4 is 10.1 Å². The number of nitrogens with one attached hydrogen (secondary N) is 1. The Labute approximate surface area is 196 Å². The molecule has 2 amide bonds. The van der Waals surface area contributed by atoms with E-state index in [0.717, 1.165) is 42.6 Å². The number of ether oxygens (including phenoxy) is 1. The van der Waals surface area contributed by atoms with Gasteiger partial charge in [-0.05, 0) is 55.5 Å². The average molecular weight is 457 g/mol. The van der Waals surface area contributed by atoms with E-state index < -0.39 is 6.04 Å². The zero-order valence-electron chi connectivity index (χ0n) is 19.0. The maximum atomic E-state index is 13.3. The van der Waals surface area contributed by atoms with Gasteiger partial charge in [0.15, 0.2) is 0 Å². The van der Waals surface area contributed by atoms with Gasteiger partial charge in [0.2, 0.25) is 11.8 Å². The molecule has 0 bridgehead atoms. The second-order valence-electron chi connectivity index (χ2n) is 8.48. The number of carbonyl (C=O) groups excluding carboxylic acids is 2. The Bertz CT molecular complexity index is 911. The van der Waals surface area contributed by atoms with Crippen molar-refractivity contribution in [3.8, 4) is 5.75 Å². The van der Waals surface area contributed by atoms with Crippen molar-refractivity contribution in [1.29, 1.82) is 0 Å². The van der Waals surface area contributed by atoms with E-state index in [9.17, 15) is 9.59 Å². The van der Waals surface area contributed by atoms with Gasteiger partial charge in [0.1, 0.15) is 11.8 Å². The average Bonchev–Trinajstić information content (AvgIpc) is 2.82. The molecule has 0 unspecified atom stereocenters. The van der Waals surface area contributed by atoms with Crippen molar-refractivity contribution in [2.75, 3.05) is 7.11 Å². The largest absolute Gasteiger partial charge is 0.497 e. The Morgan fingerprint density at radius 3 is 2.59 bits per heavy atom. The van der Waals surface area contributed by atoms with Crippen LogP contribution in [0, 0.1) is 0 Å². The van der Waals surface area contributed by atoms with Crippen molar-refractivity contribution in [3.05, 3.63) is 64.7 Å². The lowest BCUT2D eigenvalue weighted by Crippen LogP contribution is -2.50.